The van der Waals surface area contributed by atoms with E-state index >= 15 is 0 Å². The molecule has 0 saturated carbocycles. The van der Waals surface area contributed by atoms with Gasteiger partial charge in [-0.25, -0.2) is 13.2 Å². The summed E-state index contributed by atoms with van der Waals surface area (Å²) in [6, 6.07) is 2.51. The molecule has 8 heteroatoms. The SMILES string of the molecule is O=C(NC1CCNCC1)c1cc(C(=O)c2c(F)ccc(F)c2F)c[nH]1. The molecule has 1 saturated heterocycles. The van der Waals surface area contributed by atoms with Crippen molar-refractivity contribution in [2.75, 3.05) is 13.1 Å². The van der Waals surface area contributed by atoms with Crippen LogP contribution in [0.3, 0.4) is 0 Å². The first-order valence-corrected chi connectivity index (χ1v) is 7.85. The summed E-state index contributed by atoms with van der Waals surface area (Å²) in [6.45, 7) is 1.61. The third kappa shape index (κ3) is 3.58. The highest BCUT2D eigenvalue weighted by Gasteiger charge is 2.24. The fourth-order valence-electron chi connectivity index (χ4n) is 2.77. The lowest BCUT2D eigenvalue weighted by Crippen LogP contribution is -2.42. The van der Waals surface area contributed by atoms with E-state index in [2.05, 4.69) is 15.6 Å². The first-order chi connectivity index (χ1) is 12.0. The van der Waals surface area contributed by atoms with Crippen molar-refractivity contribution < 1.29 is 22.8 Å². The van der Waals surface area contributed by atoms with Crippen LogP contribution in [0.15, 0.2) is 24.4 Å². The first-order valence-electron chi connectivity index (χ1n) is 7.85. The Kier molecular flexibility index (Phi) is 4.89. The Morgan fingerprint density at radius 2 is 1.76 bits per heavy atom. The van der Waals surface area contributed by atoms with Gasteiger partial charge in [0.05, 0.1) is 5.56 Å². The van der Waals surface area contributed by atoms with Gasteiger partial charge in [0.15, 0.2) is 11.6 Å². The van der Waals surface area contributed by atoms with Gasteiger partial charge >= 0.3 is 0 Å². The van der Waals surface area contributed by atoms with Gasteiger partial charge < -0.3 is 15.6 Å². The van der Waals surface area contributed by atoms with Crippen LogP contribution < -0.4 is 10.6 Å². The number of aromatic amines is 1. The fourth-order valence-corrected chi connectivity index (χ4v) is 2.77. The highest BCUT2D eigenvalue weighted by atomic mass is 19.2. The summed E-state index contributed by atoms with van der Waals surface area (Å²) in [5.74, 6) is -5.47. The average Bonchev–Trinajstić information content (AvgIpc) is 3.09. The van der Waals surface area contributed by atoms with Crippen LogP contribution in [0.5, 0.6) is 0 Å². The smallest absolute Gasteiger partial charge is 0.267 e. The van der Waals surface area contributed by atoms with Gasteiger partial charge in [-0.2, -0.15) is 0 Å². The molecule has 5 nitrogen and oxygen atoms in total. The molecule has 1 aliphatic heterocycles. The van der Waals surface area contributed by atoms with Crippen LogP contribution in [-0.2, 0) is 0 Å². The third-order valence-corrected chi connectivity index (χ3v) is 4.14. The summed E-state index contributed by atoms with van der Waals surface area (Å²) in [4.78, 5) is 27.1. The largest absolute Gasteiger partial charge is 0.356 e. The molecule has 0 aliphatic carbocycles. The lowest BCUT2D eigenvalue weighted by molar-refractivity contribution is 0.0925. The Morgan fingerprint density at radius 1 is 1.08 bits per heavy atom. The first kappa shape index (κ1) is 17.2. The number of ketones is 1. The second kappa shape index (κ2) is 7.10. The Labute approximate surface area is 141 Å². The molecule has 1 aromatic heterocycles. The average molecular weight is 351 g/mol. The molecule has 1 fully saturated rings. The van der Waals surface area contributed by atoms with E-state index in [1.54, 1.807) is 0 Å². The molecule has 2 aromatic rings. The van der Waals surface area contributed by atoms with E-state index in [4.69, 9.17) is 0 Å². The lowest BCUT2D eigenvalue weighted by Gasteiger charge is -2.23. The highest BCUT2D eigenvalue weighted by molar-refractivity contribution is 6.10. The molecule has 1 aromatic carbocycles. The van der Waals surface area contributed by atoms with Crippen molar-refractivity contribution >= 4 is 11.7 Å². The highest BCUT2D eigenvalue weighted by Crippen LogP contribution is 2.20. The molecular weight excluding hydrogens is 335 g/mol. The Bertz CT molecular complexity index is 813. The van der Waals surface area contributed by atoms with Crippen molar-refractivity contribution in [3.8, 4) is 0 Å². The fraction of sp³-hybridized carbons (Fsp3) is 0.294. The number of aromatic nitrogens is 1. The molecule has 0 atom stereocenters. The monoisotopic (exact) mass is 351 g/mol. The van der Waals surface area contributed by atoms with Crippen LogP contribution in [0.2, 0.25) is 0 Å². The number of nitrogens with one attached hydrogen (secondary N) is 3. The Morgan fingerprint density at radius 3 is 2.48 bits per heavy atom. The van der Waals surface area contributed by atoms with Crippen LogP contribution in [0.4, 0.5) is 13.2 Å². The van der Waals surface area contributed by atoms with Gasteiger partial charge in [-0.05, 0) is 44.1 Å². The zero-order chi connectivity index (χ0) is 18.0. The minimum atomic E-state index is -1.55. The number of rotatable bonds is 4. The van der Waals surface area contributed by atoms with Crippen LogP contribution >= 0.6 is 0 Å². The predicted molar refractivity (Wildman–Crippen MR) is 83.9 cm³/mol. The molecule has 2 heterocycles. The predicted octanol–water partition coefficient (Wildman–Crippen LogP) is 2.14. The number of hydrogen-bond acceptors (Lipinski definition) is 3. The molecule has 0 bridgehead atoms. The second-order valence-electron chi connectivity index (χ2n) is 5.85. The van der Waals surface area contributed by atoms with E-state index in [9.17, 15) is 22.8 Å². The van der Waals surface area contributed by atoms with Gasteiger partial charge in [0.25, 0.3) is 5.91 Å². The summed E-state index contributed by atoms with van der Waals surface area (Å²) in [6.07, 6.45) is 2.75. The summed E-state index contributed by atoms with van der Waals surface area (Å²) in [7, 11) is 0. The normalized spacial score (nSPS) is 15.2. The van der Waals surface area contributed by atoms with E-state index in [1.807, 2.05) is 0 Å². The van der Waals surface area contributed by atoms with E-state index in [1.165, 1.54) is 12.3 Å². The van der Waals surface area contributed by atoms with Crippen molar-refractivity contribution in [2.24, 2.45) is 0 Å². The van der Waals surface area contributed by atoms with E-state index in [-0.39, 0.29) is 17.3 Å². The molecule has 0 radical (unpaired) electrons. The van der Waals surface area contributed by atoms with Crippen molar-refractivity contribution in [3.05, 3.63) is 58.7 Å². The molecule has 3 N–H and O–H groups in total. The van der Waals surface area contributed by atoms with Crippen molar-refractivity contribution in [2.45, 2.75) is 18.9 Å². The molecule has 0 spiro atoms. The minimum Gasteiger partial charge on any atom is -0.356 e. The second-order valence-corrected chi connectivity index (χ2v) is 5.85. The van der Waals surface area contributed by atoms with Gasteiger partial charge in [0, 0.05) is 17.8 Å². The number of H-pyrrole nitrogens is 1. The number of piperidine rings is 1. The molecule has 3 rings (SSSR count). The maximum atomic E-state index is 13.7. The number of carbonyl (C=O) groups excluding carboxylic acids is 2. The third-order valence-electron chi connectivity index (χ3n) is 4.14. The molecular formula is C17H16F3N3O2. The van der Waals surface area contributed by atoms with Gasteiger partial charge in [0.2, 0.25) is 5.78 Å². The van der Waals surface area contributed by atoms with E-state index in [0.717, 1.165) is 25.9 Å². The molecule has 1 aliphatic rings. The summed E-state index contributed by atoms with van der Waals surface area (Å²) < 4.78 is 40.7. The van der Waals surface area contributed by atoms with Gasteiger partial charge in [0.1, 0.15) is 11.5 Å². The minimum absolute atomic E-state index is 0.0225. The van der Waals surface area contributed by atoms with Crippen LogP contribution in [0.1, 0.15) is 39.3 Å². The zero-order valence-electron chi connectivity index (χ0n) is 13.2. The summed E-state index contributed by atoms with van der Waals surface area (Å²) in [5.41, 5.74) is -1.01. The van der Waals surface area contributed by atoms with Crippen molar-refractivity contribution in [1.29, 1.82) is 0 Å². The van der Waals surface area contributed by atoms with Crippen LogP contribution in [0, 0.1) is 17.5 Å². The lowest BCUT2D eigenvalue weighted by atomic mass is 10.0. The molecule has 25 heavy (non-hydrogen) atoms. The molecule has 132 valence electrons. The van der Waals surface area contributed by atoms with E-state index < -0.39 is 34.7 Å². The summed E-state index contributed by atoms with van der Waals surface area (Å²) >= 11 is 0. The maximum absolute atomic E-state index is 13.7. The van der Waals surface area contributed by atoms with Crippen LogP contribution in [-0.4, -0.2) is 35.8 Å². The number of benzene rings is 1. The Balaban J connectivity index is 1.78. The molecule has 0 unspecified atom stereocenters. The van der Waals surface area contributed by atoms with Gasteiger partial charge in [-0.3, -0.25) is 9.59 Å². The quantitative estimate of drug-likeness (QED) is 0.584. The number of amides is 1. The van der Waals surface area contributed by atoms with Crippen LogP contribution in [0.25, 0.3) is 0 Å². The summed E-state index contributed by atoms with van der Waals surface area (Å²) in [5, 5.41) is 6.00. The Hall–Kier alpha value is -2.61. The maximum Gasteiger partial charge on any atom is 0.267 e. The van der Waals surface area contributed by atoms with Gasteiger partial charge in [-0.15, -0.1) is 0 Å². The molecule has 1 amide bonds. The number of halogens is 3. The van der Waals surface area contributed by atoms with Crippen molar-refractivity contribution in [3.63, 3.8) is 0 Å². The van der Waals surface area contributed by atoms with Crippen molar-refractivity contribution in [1.82, 2.24) is 15.6 Å². The number of carbonyl (C=O) groups is 2. The number of hydrogen-bond donors (Lipinski definition) is 3. The van der Waals surface area contributed by atoms with E-state index in [0.29, 0.717) is 12.1 Å². The zero-order valence-corrected chi connectivity index (χ0v) is 13.2. The van der Waals surface area contributed by atoms with Gasteiger partial charge in [-0.1, -0.05) is 0 Å². The topological polar surface area (TPSA) is 74.0 Å². The standard InChI is InChI=1S/C17H16F3N3O2/c18-11-1-2-12(19)15(20)14(11)16(24)9-7-13(22-8-9)17(25)23-10-3-5-21-6-4-10/h1-2,7-8,10,21-22H,3-6H2,(H,23,25).